The van der Waals surface area contributed by atoms with Gasteiger partial charge < -0.3 is 24.3 Å². The molecule has 12 heteroatoms. The average molecular weight is 1020 g/mol. The molecule has 6 aromatic heterocycles. The van der Waals surface area contributed by atoms with Gasteiger partial charge in [0.05, 0.1) is 21.3 Å². The highest BCUT2D eigenvalue weighted by Gasteiger charge is 2.25. The second kappa shape index (κ2) is 19.6. The van der Waals surface area contributed by atoms with Gasteiger partial charge in [-0.25, -0.2) is 0 Å². The number of unbranched alkanes of at least 4 members (excludes halogenated alkanes) is 2. The van der Waals surface area contributed by atoms with Crippen LogP contribution in [0.2, 0.25) is 0 Å². The first kappa shape index (κ1) is 48.4. The second-order valence-electron chi connectivity index (χ2n) is 20.1. The largest absolute Gasteiger partial charge is 0.455 e. The van der Waals surface area contributed by atoms with Crippen molar-refractivity contribution in [1.29, 1.82) is 0 Å². The van der Waals surface area contributed by atoms with Crippen LogP contribution in [0.3, 0.4) is 0 Å². The van der Waals surface area contributed by atoms with E-state index in [0.29, 0.717) is 102 Å². The summed E-state index contributed by atoms with van der Waals surface area (Å²) in [6, 6.07) is 32.0. The van der Waals surface area contributed by atoms with Gasteiger partial charge >= 0.3 is 0 Å². The van der Waals surface area contributed by atoms with Crippen LogP contribution in [-0.2, 0) is 13.1 Å². The van der Waals surface area contributed by atoms with Crippen molar-refractivity contribution < 1.29 is 13.3 Å². The monoisotopic (exact) mass is 1020 g/mol. The van der Waals surface area contributed by atoms with Crippen LogP contribution in [0, 0.1) is 35.5 Å². The molecular formula is C64H54N4O7S. The summed E-state index contributed by atoms with van der Waals surface area (Å²) in [6.45, 7) is 9.22. The summed E-state index contributed by atoms with van der Waals surface area (Å²) >= 11 is 1.59. The Kier molecular flexibility index (Phi) is 12.5. The SMILES string of the molecule is CCCCC(CC)Cn1c(=O)c2ccc3c4c(Nc5ccc(C#Cc6cc7c(=O)n(CC(CC)CCCC)c(=O)c8ccc9c%10ccccc%10sc6c9c87)o5)cccc4oc4c(C#Cc5ccc(N)o5)cc(c1=O)c2c43. The predicted octanol–water partition coefficient (Wildman–Crippen LogP) is 14.2. The van der Waals surface area contributed by atoms with Crippen LogP contribution in [-0.4, -0.2) is 9.13 Å². The van der Waals surface area contributed by atoms with Gasteiger partial charge in [-0.1, -0.05) is 114 Å². The number of hydrogen-bond acceptors (Lipinski definition) is 10. The number of benzene rings is 6. The lowest BCUT2D eigenvalue weighted by molar-refractivity contribution is 0.382. The minimum atomic E-state index is -0.365. The van der Waals surface area contributed by atoms with E-state index in [-0.39, 0.29) is 40.0 Å². The van der Waals surface area contributed by atoms with Crippen molar-refractivity contribution in [3.63, 3.8) is 0 Å². The summed E-state index contributed by atoms with van der Waals surface area (Å²) in [4.78, 5) is 57.9. The molecule has 0 saturated carbocycles. The number of fused-ring (bicyclic) bond motifs is 4. The van der Waals surface area contributed by atoms with Crippen LogP contribution in [0.5, 0.6) is 0 Å². The maximum Gasteiger partial charge on any atom is 0.261 e. The number of hydrogen-bond donors (Lipinski definition) is 2. The van der Waals surface area contributed by atoms with Crippen molar-refractivity contribution in [3.05, 3.63) is 167 Å². The van der Waals surface area contributed by atoms with Crippen molar-refractivity contribution in [3.8, 4) is 23.7 Å². The number of aromatic nitrogens is 2. The summed E-state index contributed by atoms with van der Waals surface area (Å²) < 4.78 is 23.6. The molecule has 0 fully saturated rings. The minimum absolute atomic E-state index is 0.170. The van der Waals surface area contributed by atoms with E-state index in [4.69, 9.17) is 19.0 Å². The number of nitrogens with two attached hydrogens (primary N) is 1. The molecule has 2 unspecified atom stereocenters. The van der Waals surface area contributed by atoms with Crippen molar-refractivity contribution >= 4 is 114 Å². The number of anilines is 3. The molecule has 12 aromatic rings. The molecule has 0 amide bonds. The lowest BCUT2D eigenvalue weighted by Crippen LogP contribution is -2.35. The maximum absolute atomic E-state index is 14.6. The summed E-state index contributed by atoms with van der Waals surface area (Å²) in [5, 5.41) is 11.4. The highest BCUT2D eigenvalue weighted by Crippen LogP contribution is 2.44. The fraction of sp³-hybridized carbons (Fsp3) is 0.250. The molecule has 76 heavy (non-hydrogen) atoms. The molecule has 11 nitrogen and oxygen atoms in total. The van der Waals surface area contributed by atoms with E-state index in [1.165, 1.54) is 9.13 Å². The third kappa shape index (κ3) is 8.16. The first-order valence-electron chi connectivity index (χ1n) is 26.4. The maximum atomic E-state index is 14.6. The number of nitrogen functional groups attached to an aromatic ring is 1. The van der Waals surface area contributed by atoms with E-state index < -0.39 is 0 Å². The van der Waals surface area contributed by atoms with E-state index >= 15 is 0 Å². The van der Waals surface area contributed by atoms with E-state index in [0.717, 1.165) is 82.3 Å². The van der Waals surface area contributed by atoms with Crippen LogP contribution in [0.1, 0.15) is 102 Å². The number of furan rings is 2. The highest BCUT2D eigenvalue weighted by molar-refractivity contribution is 7.25. The molecule has 3 N–H and O–H groups in total. The van der Waals surface area contributed by atoms with E-state index in [1.807, 2.05) is 60.7 Å². The summed E-state index contributed by atoms with van der Waals surface area (Å²) in [5.41, 5.74) is 7.39. The van der Waals surface area contributed by atoms with Crippen molar-refractivity contribution in [1.82, 2.24) is 9.13 Å². The average Bonchev–Trinajstić information content (AvgIpc) is 4.11. The van der Waals surface area contributed by atoms with Gasteiger partial charge in [-0.15, -0.1) is 11.3 Å². The Hall–Kier alpha value is -8.58. The van der Waals surface area contributed by atoms with Gasteiger partial charge in [-0.05, 0) is 107 Å². The first-order valence-corrected chi connectivity index (χ1v) is 27.2. The molecule has 0 aliphatic carbocycles. The number of nitrogens with one attached hydrogen (secondary N) is 1. The predicted molar refractivity (Wildman–Crippen MR) is 310 cm³/mol. The lowest BCUT2D eigenvalue weighted by Gasteiger charge is -2.19. The van der Waals surface area contributed by atoms with E-state index in [2.05, 4.69) is 68.8 Å². The summed E-state index contributed by atoms with van der Waals surface area (Å²) in [6.07, 6.45) is 7.71. The molecule has 6 aromatic carbocycles. The van der Waals surface area contributed by atoms with Crippen molar-refractivity contribution in [2.24, 2.45) is 11.8 Å². The lowest BCUT2D eigenvalue weighted by atomic mass is 9.93. The molecule has 0 radical (unpaired) electrons. The zero-order valence-electron chi connectivity index (χ0n) is 42.8. The Labute approximate surface area is 440 Å². The van der Waals surface area contributed by atoms with Gasteiger partial charge in [-0.2, -0.15) is 0 Å². The molecule has 0 saturated heterocycles. The number of pyridine rings is 2. The van der Waals surface area contributed by atoms with Gasteiger partial charge in [-0.3, -0.25) is 28.3 Å². The zero-order valence-corrected chi connectivity index (χ0v) is 43.6. The van der Waals surface area contributed by atoms with Crippen LogP contribution in [0.15, 0.2) is 136 Å². The molecule has 6 heterocycles. The summed E-state index contributed by atoms with van der Waals surface area (Å²) in [7, 11) is 0. The molecule has 12 rings (SSSR count). The van der Waals surface area contributed by atoms with Crippen LogP contribution < -0.4 is 33.3 Å². The van der Waals surface area contributed by atoms with Gasteiger partial charge in [0.15, 0.2) is 28.9 Å². The summed E-state index contributed by atoms with van der Waals surface area (Å²) in [5.74, 6) is 14.7. The fourth-order valence-corrected chi connectivity index (χ4v) is 12.5. The van der Waals surface area contributed by atoms with Crippen LogP contribution in [0.25, 0.3) is 85.2 Å². The third-order valence-corrected chi connectivity index (χ3v) is 16.6. The molecule has 378 valence electrons. The topological polar surface area (TPSA) is 156 Å². The van der Waals surface area contributed by atoms with E-state index in [9.17, 15) is 19.2 Å². The van der Waals surface area contributed by atoms with Crippen LogP contribution >= 0.6 is 11.3 Å². The Morgan fingerprint density at radius 2 is 1.13 bits per heavy atom. The molecule has 0 spiro atoms. The quantitative estimate of drug-likeness (QED) is 0.0615. The van der Waals surface area contributed by atoms with Gasteiger partial charge in [0.2, 0.25) is 0 Å². The Morgan fingerprint density at radius 1 is 0.539 bits per heavy atom. The molecule has 0 aliphatic rings. The van der Waals surface area contributed by atoms with E-state index in [1.54, 1.807) is 41.7 Å². The Balaban J connectivity index is 0.977. The molecule has 0 aliphatic heterocycles. The molecule has 0 bridgehead atoms. The smallest absolute Gasteiger partial charge is 0.261 e. The van der Waals surface area contributed by atoms with Gasteiger partial charge in [0.1, 0.15) is 5.58 Å². The fourth-order valence-electron chi connectivity index (χ4n) is 11.3. The third-order valence-electron chi connectivity index (χ3n) is 15.4. The van der Waals surface area contributed by atoms with Crippen LogP contribution in [0.4, 0.5) is 17.5 Å². The second-order valence-corrected chi connectivity index (χ2v) is 21.1. The van der Waals surface area contributed by atoms with Crippen molar-refractivity contribution in [2.45, 2.75) is 92.2 Å². The Morgan fingerprint density at radius 3 is 1.79 bits per heavy atom. The highest BCUT2D eigenvalue weighted by atomic mass is 32.1. The van der Waals surface area contributed by atoms with Crippen molar-refractivity contribution in [2.75, 3.05) is 11.1 Å². The minimum Gasteiger partial charge on any atom is -0.455 e. The first-order chi connectivity index (χ1) is 37.1. The zero-order chi connectivity index (χ0) is 52.4. The molecule has 2 atom stereocenters. The van der Waals surface area contributed by atoms with Gasteiger partial charge in [0, 0.05) is 78.6 Å². The Bertz CT molecular complexity index is 4660. The normalized spacial score (nSPS) is 12.7. The standard InChI is InChI=1S/C64H54N4O7S/c1-5-9-14-36(7-3)34-67-61(69)45-29-27-44-56-49(17-13-18-50(56)75-59-38(20-22-40-24-30-52(65)73-40)32-47(63(67)71)54(45)57(44)59)66-53-31-25-41(74-53)23-21-39-33-48-55-46(62(70)68(64(48)72)35-37(8-4)15-10-6-2)28-26-43-42-16-11-12-19-51(42)76-60(39)58(43)55/h11-13,16-19,24-33,36-37,66H,5-10,14-15,34-35,65H2,1-4H3. The number of rotatable bonds is 14. The number of nitrogens with zero attached hydrogens (tertiary/aromatic N) is 2. The molecular weight excluding hydrogens is 969 g/mol. The van der Waals surface area contributed by atoms with Gasteiger partial charge in [0.25, 0.3) is 22.2 Å².